The van der Waals surface area contributed by atoms with Gasteiger partial charge in [0.15, 0.2) is 0 Å². The number of fused-ring (bicyclic) bond motifs is 7. The predicted octanol–water partition coefficient (Wildman–Crippen LogP) is 8.04. The highest BCUT2D eigenvalue weighted by Gasteiger charge is 2.53. The number of benzene rings is 4. The minimum absolute atomic E-state index is 0.0617. The van der Waals surface area contributed by atoms with Crippen LogP contribution >= 0.6 is 0 Å². The van der Waals surface area contributed by atoms with Crippen molar-refractivity contribution < 1.29 is 14.9 Å². The van der Waals surface area contributed by atoms with Crippen molar-refractivity contribution in [2.24, 2.45) is 10.8 Å². The van der Waals surface area contributed by atoms with Gasteiger partial charge >= 0.3 is 0 Å². The lowest BCUT2D eigenvalue weighted by Gasteiger charge is -2.51. The molecule has 2 fully saturated rings. The van der Waals surface area contributed by atoms with E-state index >= 15 is 0 Å². The van der Waals surface area contributed by atoms with Crippen molar-refractivity contribution in [3.63, 3.8) is 0 Å². The number of anilines is 1. The molecule has 1 aliphatic heterocycles. The third-order valence-electron chi connectivity index (χ3n) is 9.81. The number of hydrogen-bond donors (Lipinski definition) is 2. The Morgan fingerprint density at radius 3 is 2.12 bits per heavy atom. The molecule has 0 amide bonds. The predicted molar refractivity (Wildman–Crippen MR) is 168 cm³/mol. The van der Waals surface area contributed by atoms with E-state index in [2.05, 4.69) is 99.3 Å². The fraction of sp³-hybridized carbons (Fsp3) is 0.405. The standard InChI is InChI=1S/C37H41NO3/c1-35(2)21-36(3,4)23-37(22-35)31-8-6-5-7-27(31)34-30-17-25(20-39)28(18-29(30)33(40)19-32(34)37)24-9-11-26(12-10-24)38-13-15-41-16-14-38/h5-12,17-19,39-40H,13-16,20-23H2,1-4H3. The number of phenols is 1. The molecule has 0 radical (unpaired) electrons. The minimum atomic E-state index is -0.143. The van der Waals surface area contributed by atoms with Gasteiger partial charge in [-0.2, -0.15) is 0 Å². The largest absolute Gasteiger partial charge is 0.507 e. The summed E-state index contributed by atoms with van der Waals surface area (Å²) >= 11 is 0. The molecule has 212 valence electrons. The van der Waals surface area contributed by atoms with Crippen molar-refractivity contribution in [2.45, 2.75) is 59.0 Å². The van der Waals surface area contributed by atoms with Gasteiger partial charge in [0.2, 0.25) is 0 Å². The second-order valence-corrected chi connectivity index (χ2v) is 14.2. The van der Waals surface area contributed by atoms with Crippen LogP contribution in [-0.4, -0.2) is 36.5 Å². The molecule has 4 heteroatoms. The van der Waals surface area contributed by atoms with Crippen LogP contribution in [-0.2, 0) is 16.8 Å². The highest BCUT2D eigenvalue weighted by atomic mass is 16.5. The van der Waals surface area contributed by atoms with Crippen LogP contribution in [0.5, 0.6) is 5.75 Å². The molecule has 2 aliphatic carbocycles. The van der Waals surface area contributed by atoms with E-state index in [1.54, 1.807) is 0 Å². The summed E-state index contributed by atoms with van der Waals surface area (Å²) in [6.07, 6.45) is 3.29. The third kappa shape index (κ3) is 4.26. The van der Waals surface area contributed by atoms with Crippen LogP contribution < -0.4 is 4.90 Å². The van der Waals surface area contributed by atoms with Crippen molar-refractivity contribution in [3.05, 3.63) is 83.4 Å². The maximum absolute atomic E-state index is 11.7. The molecule has 0 unspecified atom stereocenters. The summed E-state index contributed by atoms with van der Waals surface area (Å²) in [5, 5.41) is 24.1. The molecule has 4 aromatic carbocycles. The zero-order chi connectivity index (χ0) is 28.6. The second kappa shape index (κ2) is 9.34. The van der Waals surface area contributed by atoms with Crippen LogP contribution in [0.4, 0.5) is 5.69 Å². The summed E-state index contributed by atoms with van der Waals surface area (Å²) < 4.78 is 5.51. The number of ether oxygens (including phenoxy) is 1. The first-order valence-corrected chi connectivity index (χ1v) is 15.1. The summed E-state index contributed by atoms with van der Waals surface area (Å²) in [6, 6.07) is 23.7. The smallest absolute Gasteiger partial charge is 0.123 e. The molecule has 1 spiro atoms. The quantitative estimate of drug-likeness (QED) is 0.273. The van der Waals surface area contributed by atoms with Crippen molar-refractivity contribution in [2.75, 3.05) is 31.2 Å². The SMILES string of the molecule is CC1(C)CC(C)(C)CC2(C1)c1ccccc1-c1c2cc(O)c2cc(-c3ccc(N4CCOCC4)cc3)c(CO)cc12. The van der Waals surface area contributed by atoms with E-state index in [0.29, 0.717) is 5.75 Å². The van der Waals surface area contributed by atoms with E-state index in [9.17, 15) is 10.2 Å². The highest BCUT2D eigenvalue weighted by molar-refractivity contribution is 6.07. The average Bonchev–Trinajstić information content (AvgIpc) is 3.19. The lowest BCUT2D eigenvalue weighted by molar-refractivity contribution is 0.0645. The first kappa shape index (κ1) is 26.6. The van der Waals surface area contributed by atoms with Crippen molar-refractivity contribution in [1.29, 1.82) is 0 Å². The Kier molecular flexibility index (Phi) is 6.05. The molecule has 4 nitrogen and oxygen atoms in total. The summed E-state index contributed by atoms with van der Waals surface area (Å²) in [5.74, 6) is 0.322. The van der Waals surface area contributed by atoms with Gasteiger partial charge in [-0.15, -0.1) is 0 Å². The molecule has 7 rings (SSSR count). The Morgan fingerprint density at radius 1 is 0.756 bits per heavy atom. The first-order valence-electron chi connectivity index (χ1n) is 15.1. The average molecular weight is 548 g/mol. The maximum atomic E-state index is 11.7. The van der Waals surface area contributed by atoms with E-state index in [4.69, 9.17) is 4.74 Å². The second-order valence-electron chi connectivity index (χ2n) is 14.2. The van der Waals surface area contributed by atoms with Crippen molar-refractivity contribution in [1.82, 2.24) is 0 Å². The van der Waals surface area contributed by atoms with E-state index in [1.807, 2.05) is 0 Å². The zero-order valence-corrected chi connectivity index (χ0v) is 24.8. The van der Waals surface area contributed by atoms with E-state index < -0.39 is 0 Å². The first-order chi connectivity index (χ1) is 19.6. The number of aromatic hydroxyl groups is 1. The fourth-order valence-electron chi connectivity index (χ4n) is 9.00. The monoisotopic (exact) mass is 547 g/mol. The van der Waals surface area contributed by atoms with Crippen LogP contribution in [0.25, 0.3) is 33.0 Å². The number of nitrogens with zero attached hydrogens (tertiary/aromatic N) is 1. The number of morpholine rings is 1. The van der Waals surface area contributed by atoms with Crippen LogP contribution in [0.3, 0.4) is 0 Å². The Bertz CT molecular complexity index is 1630. The topological polar surface area (TPSA) is 52.9 Å². The van der Waals surface area contributed by atoms with E-state index in [-0.39, 0.29) is 22.9 Å². The van der Waals surface area contributed by atoms with Crippen molar-refractivity contribution >= 4 is 16.5 Å². The number of aliphatic hydroxyl groups excluding tert-OH is 1. The summed E-state index contributed by atoms with van der Waals surface area (Å²) in [4.78, 5) is 2.34. The van der Waals surface area contributed by atoms with E-state index in [1.165, 1.54) is 34.4 Å². The Balaban J connectivity index is 1.41. The van der Waals surface area contributed by atoms with Crippen LogP contribution in [0.1, 0.15) is 63.6 Å². The van der Waals surface area contributed by atoms with Gasteiger partial charge in [-0.3, -0.25) is 0 Å². The van der Waals surface area contributed by atoms with Gasteiger partial charge in [0.1, 0.15) is 5.75 Å². The summed E-state index contributed by atoms with van der Waals surface area (Å²) in [5.41, 5.74) is 9.41. The summed E-state index contributed by atoms with van der Waals surface area (Å²) in [6.45, 7) is 12.8. The number of rotatable bonds is 3. The normalized spacial score (nSPS) is 20.3. The molecule has 0 atom stereocenters. The molecule has 0 aromatic heterocycles. The van der Waals surface area contributed by atoms with Crippen molar-refractivity contribution in [3.8, 4) is 28.0 Å². The van der Waals surface area contributed by atoms with E-state index in [0.717, 1.165) is 66.6 Å². The maximum Gasteiger partial charge on any atom is 0.123 e. The van der Waals surface area contributed by atoms with Crippen LogP contribution in [0.2, 0.25) is 0 Å². The van der Waals surface area contributed by atoms with Crippen LogP contribution in [0.15, 0.2) is 66.7 Å². The van der Waals surface area contributed by atoms with Gasteiger partial charge in [0, 0.05) is 29.6 Å². The van der Waals surface area contributed by atoms with Gasteiger partial charge in [-0.25, -0.2) is 0 Å². The highest BCUT2D eigenvalue weighted by Crippen LogP contribution is 2.64. The summed E-state index contributed by atoms with van der Waals surface area (Å²) in [7, 11) is 0. The molecule has 1 heterocycles. The van der Waals surface area contributed by atoms with Gasteiger partial charge in [0.25, 0.3) is 0 Å². The lowest BCUT2D eigenvalue weighted by Crippen LogP contribution is -2.43. The third-order valence-corrected chi connectivity index (χ3v) is 9.81. The fourth-order valence-corrected chi connectivity index (χ4v) is 9.00. The molecule has 3 aliphatic rings. The number of phenolic OH excluding ortho intramolecular Hbond substituents is 1. The Hall–Kier alpha value is -3.34. The molecule has 1 saturated heterocycles. The molecule has 1 saturated carbocycles. The molecule has 2 N–H and O–H groups in total. The zero-order valence-electron chi connectivity index (χ0n) is 24.8. The van der Waals surface area contributed by atoms with Gasteiger partial charge in [0.05, 0.1) is 19.8 Å². The Morgan fingerprint density at radius 2 is 1.44 bits per heavy atom. The Labute approximate surface area is 243 Å². The number of aliphatic hydroxyl groups is 1. The molecule has 41 heavy (non-hydrogen) atoms. The van der Waals surface area contributed by atoms with Crippen LogP contribution in [0, 0.1) is 10.8 Å². The molecule has 4 aromatic rings. The molecular formula is C37H41NO3. The lowest BCUT2D eigenvalue weighted by atomic mass is 9.52. The van der Waals surface area contributed by atoms with Gasteiger partial charge < -0.3 is 19.8 Å². The van der Waals surface area contributed by atoms with Gasteiger partial charge in [-0.05, 0) is 105 Å². The van der Waals surface area contributed by atoms with Gasteiger partial charge in [-0.1, -0.05) is 64.1 Å². The number of hydrogen-bond acceptors (Lipinski definition) is 4. The minimum Gasteiger partial charge on any atom is -0.507 e. The molecular weight excluding hydrogens is 506 g/mol. The molecule has 0 bridgehead atoms.